The molecule has 3 aromatic rings. The second kappa shape index (κ2) is 11.9. The highest BCUT2D eigenvalue weighted by Crippen LogP contribution is 2.17. The molecule has 0 aliphatic carbocycles. The second-order valence-corrected chi connectivity index (χ2v) is 7.99. The zero-order valence-electron chi connectivity index (χ0n) is 20.2. The maximum atomic E-state index is 12.8. The molecule has 1 aromatic heterocycles. The van der Waals surface area contributed by atoms with Gasteiger partial charge in [0.05, 0.1) is 0 Å². The molecule has 2 amide bonds. The number of amides is 2. The van der Waals surface area contributed by atoms with Crippen molar-refractivity contribution in [2.75, 3.05) is 36.8 Å². The highest BCUT2D eigenvalue weighted by atomic mass is 16.2. The Kier molecular flexibility index (Phi) is 8.70. The lowest BCUT2D eigenvalue weighted by atomic mass is 10.1. The van der Waals surface area contributed by atoms with Gasteiger partial charge in [-0.1, -0.05) is 19.9 Å². The second-order valence-electron chi connectivity index (χ2n) is 7.99. The molecule has 3 N–H and O–H groups in total. The van der Waals surface area contributed by atoms with Gasteiger partial charge in [0.15, 0.2) is 0 Å². The average molecular weight is 461 g/mol. The summed E-state index contributed by atoms with van der Waals surface area (Å²) in [4.78, 5) is 36.1. The van der Waals surface area contributed by atoms with Crippen LogP contribution in [0, 0.1) is 13.8 Å². The number of nitrogens with one attached hydrogen (secondary N) is 3. The molecule has 1 heterocycles. The average Bonchev–Trinajstić information content (AvgIpc) is 2.81. The topological polar surface area (TPSA) is 99.2 Å². The fourth-order valence-corrected chi connectivity index (χ4v) is 3.53. The Bertz CT molecular complexity index is 1110. The van der Waals surface area contributed by atoms with Gasteiger partial charge in [-0.25, -0.2) is 9.97 Å². The van der Waals surface area contributed by atoms with Crippen LogP contribution in [0.1, 0.15) is 46.0 Å². The van der Waals surface area contributed by atoms with E-state index in [2.05, 4.69) is 44.7 Å². The number of benzene rings is 2. The van der Waals surface area contributed by atoms with E-state index in [-0.39, 0.29) is 11.8 Å². The van der Waals surface area contributed by atoms with E-state index in [9.17, 15) is 9.59 Å². The van der Waals surface area contributed by atoms with Crippen LogP contribution in [-0.4, -0.2) is 52.9 Å². The van der Waals surface area contributed by atoms with Crippen molar-refractivity contribution in [3.8, 4) is 0 Å². The van der Waals surface area contributed by atoms with Gasteiger partial charge in [0.1, 0.15) is 0 Å². The predicted molar refractivity (Wildman–Crippen MR) is 136 cm³/mol. The summed E-state index contributed by atoms with van der Waals surface area (Å²) in [5, 5.41) is 8.95. The van der Waals surface area contributed by atoms with Gasteiger partial charge in [-0.2, -0.15) is 0 Å². The number of carbonyl (C=O) groups excluding carboxylic acids is 2. The summed E-state index contributed by atoms with van der Waals surface area (Å²) in [5.74, 6) is 0.111. The molecule has 3 rings (SSSR count). The first-order valence-corrected chi connectivity index (χ1v) is 11.5. The number of likely N-dealkylation sites (N-methyl/N-ethyl adjacent to an activating group) is 1. The van der Waals surface area contributed by atoms with Gasteiger partial charge in [0, 0.05) is 47.0 Å². The number of anilines is 3. The standard InChI is InChI=1S/C26H32N6O2/c1-5-32(6-2)15-14-27-24(33)20-10-12-22(13-11-20)30-25(34)21-8-7-9-23(17-21)31-26-28-18(3)16-19(4)29-26/h7-13,16-17H,5-6,14-15H2,1-4H3,(H,27,33)(H,30,34)(H,28,29,31). The minimum Gasteiger partial charge on any atom is -0.351 e. The fraction of sp³-hybridized carbons (Fsp3) is 0.308. The Morgan fingerprint density at radius 3 is 2.15 bits per heavy atom. The van der Waals surface area contributed by atoms with Crippen LogP contribution in [0.4, 0.5) is 17.3 Å². The lowest BCUT2D eigenvalue weighted by molar-refractivity contribution is 0.0948. The van der Waals surface area contributed by atoms with E-state index in [0.717, 1.165) is 36.7 Å². The summed E-state index contributed by atoms with van der Waals surface area (Å²) in [6.07, 6.45) is 0. The number of rotatable bonds is 10. The molecular weight excluding hydrogens is 428 g/mol. The molecule has 178 valence electrons. The third kappa shape index (κ3) is 7.11. The summed E-state index contributed by atoms with van der Waals surface area (Å²) in [7, 11) is 0. The molecule has 0 unspecified atom stereocenters. The number of hydrogen-bond acceptors (Lipinski definition) is 6. The van der Waals surface area contributed by atoms with Crippen molar-refractivity contribution in [1.29, 1.82) is 0 Å². The zero-order chi connectivity index (χ0) is 24.5. The van der Waals surface area contributed by atoms with Gasteiger partial charge in [0.2, 0.25) is 5.95 Å². The normalized spacial score (nSPS) is 10.7. The Balaban J connectivity index is 1.58. The number of hydrogen-bond donors (Lipinski definition) is 3. The summed E-state index contributed by atoms with van der Waals surface area (Å²) >= 11 is 0. The maximum Gasteiger partial charge on any atom is 0.255 e. The van der Waals surface area contributed by atoms with E-state index in [4.69, 9.17) is 0 Å². The van der Waals surface area contributed by atoms with E-state index in [1.165, 1.54) is 0 Å². The molecule has 0 fully saturated rings. The van der Waals surface area contributed by atoms with Gasteiger partial charge in [-0.3, -0.25) is 9.59 Å². The lowest BCUT2D eigenvalue weighted by Crippen LogP contribution is -2.34. The van der Waals surface area contributed by atoms with Crippen LogP contribution in [0.3, 0.4) is 0 Å². The van der Waals surface area contributed by atoms with E-state index >= 15 is 0 Å². The van der Waals surface area contributed by atoms with Crippen molar-refractivity contribution in [3.63, 3.8) is 0 Å². The Morgan fingerprint density at radius 2 is 1.50 bits per heavy atom. The highest BCUT2D eigenvalue weighted by molar-refractivity contribution is 6.05. The molecule has 0 saturated carbocycles. The molecular formula is C26H32N6O2. The van der Waals surface area contributed by atoms with Gasteiger partial charge in [-0.05, 0) is 75.5 Å². The molecule has 0 aliphatic heterocycles. The largest absolute Gasteiger partial charge is 0.351 e. The van der Waals surface area contributed by atoms with Crippen molar-refractivity contribution < 1.29 is 9.59 Å². The van der Waals surface area contributed by atoms with Crippen LogP contribution >= 0.6 is 0 Å². The van der Waals surface area contributed by atoms with Crippen molar-refractivity contribution in [1.82, 2.24) is 20.2 Å². The number of carbonyl (C=O) groups is 2. The molecule has 0 spiro atoms. The van der Waals surface area contributed by atoms with Crippen LogP contribution < -0.4 is 16.0 Å². The third-order valence-corrected chi connectivity index (χ3v) is 5.38. The Labute approximate surface area is 200 Å². The number of nitrogens with zero attached hydrogens (tertiary/aromatic N) is 3. The van der Waals surface area contributed by atoms with Gasteiger partial charge < -0.3 is 20.9 Å². The van der Waals surface area contributed by atoms with Gasteiger partial charge >= 0.3 is 0 Å². The SMILES string of the molecule is CCN(CC)CCNC(=O)c1ccc(NC(=O)c2cccc(Nc3nc(C)cc(C)n3)c2)cc1. The first-order chi connectivity index (χ1) is 16.4. The van der Waals surface area contributed by atoms with Gasteiger partial charge in [0.25, 0.3) is 11.8 Å². The van der Waals surface area contributed by atoms with E-state index in [1.54, 1.807) is 42.5 Å². The maximum absolute atomic E-state index is 12.8. The van der Waals surface area contributed by atoms with Crippen LogP contribution in [-0.2, 0) is 0 Å². The Hall–Kier alpha value is -3.78. The molecule has 0 aliphatic rings. The number of aryl methyl sites for hydroxylation is 2. The van der Waals surface area contributed by atoms with Crippen LogP contribution in [0.25, 0.3) is 0 Å². The molecule has 2 aromatic carbocycles. The van der Waals surface area contributed by atoms with Crippen LogP contribution in [0.2, 0.25) is 0 Å². The van der Waals surface area contributed by atoms with Gasteiger partial charge in [-0.15, -0.1) is 0 Å². The Morgan fingerprint density at radius 1 is 0.824 bits per heavy atom. The first-order valence-electron chi connectivity index (χ1n) is 11.5. The molecule has 0 bridgehead atoms. The molecule has 8 nitrogen and oxygen atoms in total. The fourth-order valence-electron chi connectivity index (χ4n) is 3.53. The van der Waals surface area contributed by atoms with Crippen LogP contribution in [0.15, 0.2) is 54.6 Å². The van der Waals surface area contributed by atoms with Crippen molar-refractivity contribution >= 4 is 29.1 Å². The monoisotopic (exact) mass is 460 g/mol. The molecule has 0 radical (unpaired) electrons. The summed E-state index contributed by atoms with van der Waals surface area (Å²) < 4.78 is 0. The minimum absolute atomic E-state index is 0.127. The zero-order valence-corrected chi connectivity index (χ0v) is 20.2. The lowest BCUT2D eigenvalue weighted by Gasteiger charge is -2.18. The number of aromatic nitrogens is 2. The van der Waals surface area contributed by atoms with E-state index < -0.39 is 0 Å². The molecule has 34 heavy (non-hydrogen) atoms. The molecule has 8 heteroatoms. The molecule has 0 atom stereocenters. The van der Waals surface area contributed by atoms with Crippen LogP contribution in [0.5, 0.6) is 0 Å². The highest BCUT2D eigenvalue weighted by Gasteiger charge is 2.10. The third-order valence-electron chi connectivity index (χ3n) is 5.38. The van der Waals surface area contributed by atoms with E-state index in [1.807, 2.05) is 26.0 Å². The van der Waals surface area contributed by atoms with Crippen molar-refractivity contribution in [2.24, 2.45) is 0 Å². The summed E-state index contributed by atoms with van der Waals surface area (Å²) in [6.45, 7) is 11.3. The first kappa shape index (κ1) is 24.9. The summed E-state index contributed by atoms with van der Waals surface area (Å²) in [5.41, 5.74) is 4.11. The smallest absolute Gasteiger partial charge is 0.255 e. The predicted octanol–water partition coefficient (Wildman–Crippen LogP) is 4.16. The van der Waals surface area contributed by atoms with E-state index in [0.29, 0.717) is 29.3 Å². The minimum atomic E-state index is -0.249. The quantitative estimate of drug-likeness (QED) is 0.420. The summed E-state index contributed by atoms with van der Waals surface area (Å²) in [6, 6.07) is 15.9. The van der Waals surface area contributed by atoms with Crippen molar-refractivity contribution in [3.05, 3.63) is 77.1 Å². The van der Waals surface area contributed by atoms with Crippen molar-refractivity contribution in [2.45, 2.75) is 27.7 Å². The molecule has 0 saturated heterocycles.